The third kappa shape index (κ3) is 15.4. The summed E-state index contributed by atoms with van der Waals surface area (Å²) in [6, 6.07) is 2.28. The van der Waals surface area contributed by atoms with E-state index in [0.29, 0.717) is 0 Å². The zero-order chi connectivity index (χ0) is 17.3. The minimum absolute atomic E-state index is 0.833. The molecule has 1 aromatic rings. The van der Waals surface area contributed by atoms with Gasteiger partial charge in [-0.3, -0.25) is 4.79 Å². The van der Waals surface area contributed by atoms with E-state index >= 15 is 0 Å². The molecule has 0 spiro atoms. The number of aryl methyl sites for hydroxylation is 2. The highest BCUT2D eigenvalue weighted by Gasteiger charge is 1.96. The first-order chi connectivity index (χ1) is 11.1. The fourth-order valence-corrected chi connectivity index (χ4v) is 2.67. The molecule has 0 bridgehead atoms. The first kappa shape index (κ1) is 21.8. The second kappa shape index (κ2) is 15.6. The summed E-state index contributed by atoms with van der Waals surface area (Å²) >= 11 is 0. The highest BCUT2D eigenvalue weighted by Crippen LogP contribution is 2.11. The largest absolute Gasteiger partial charge is 0.481 e. The first-order valence-electron chi connectivity index (χ1n) is 9.44. The van der Waals surface area contributed by atoms with E-state index in [9.17, 15) is 0 Å². The zero-order valence-corrected chi connectivity index (χ0v) is 15.5. The van der Waals surface area contributed by atoms with E-state index < -0.39 is 5.97 Å². The summed E-state index contributed by atoms with van der Waals surface area (Å²) in [5, 5.41) is 7.42. The molecule has 0 saturated carbocycles. The van der Waals surface area contributed by atoms with E-state index in [0.717, 1.165) is 6.92 Å². The van der Waals surface area contributed by atoms with Crippen LogP contribution in [0.1, 0.15) is 90.5 Å². The summed E-state index contributed by atoms with van der Waals surface area (Å²) in [5.74, 6) is -0.833. The number of carboxylic acid groups (broad SMARTS) is 1. The Bertz CT molecular complexity index is 381. The van der Waals surface area contributed by atoms with Gasteiger partial charge in [-0.15, -0.1) is 0 Å². The molecule has 3 heteroatoms. The normalized spacial score (nSPS) is 10.2. The van der Waals surface area contributed by atoms with Gasteiger partial charge in [0.05, 0.1) is 0 Å². The Morgan fingerprint density at radius 3 is 2.00 bits per heavy atom. The molecule has 1 heterocycles. The molecule has 1 rings (SSSR count). The van der Waals surface area contributed by atoms with Crippen LogP contribution in [0.2, 0.25) is 0 Å². The molecule has 0 saturated heterocycles. The van der Waals surface area contributed by atoms with Gasteiger partial charge >= 0.3 is 0 Å². The minimum atomic E-state index is -0.833. The molecule has 0 aromatic carbocycles. The Hall–Kier alpha value is -1.25. The lowest BCUT2D eigenvalue weighted by Gasteiger charge is -2.03. The second-order valence-electron chi connectivity index (χ2n) is 6.36. The Balaban J connectivity index is 0.00000108. The molecule has 0 fully saturated rings. The van der Waals surface area contributed by atoms with Crippen molar-refractivity contribution < 1.29 is 9.90 Å². The molecule has 0 amide bonds. The third-order valence-electron chi connectivity index (χ3n) is 3.87. The number of hydrogen-bond acceptors (Lipinski definition) is 1. The van der Waals surface area contributed by atoms with Gasteiger partial charge in [-0.05, 0) is 24.5 Å². The van der Waals surface area contributed by atoms with Gasteiger partial charge in [-0.25, -0.2) is 0 Å². The Morgan fingerprint density at radius 2 is 1.48 bits per heavy atom. The van der Waals surface area contributed by atoms with E-state index in [1.165, 1.54) is 82.7 Å². The lowest BCUT2D eigenvalue weighted by atomic mass is 10.1. The standard InChI is InChI=1S/C18H33N.C2H4O2/c1-3-5-6-7-8-9-10-11-12-15-19-16-14-18(17-19)13-4-2;1-2(3)4/h14,16-17H,3-13,15H2,1-2H3;1H3,(H,3,4). The summed E-state index contributed by atoms with van der Waals surface area (Å²) in [5.41, 5.74) is 1.50. The molecule has 0 aliphatic heterocycles. The molecule has 0 unspecified atom stereocenters. The fraction of sp³-hybridized carbons (Fsp3) is 0.750. The van der Waals surface area contributed by atoms with Crippen molar-refractivity contribution in [2.24, 2.45) is 0 Å². The average Bonchev–Trinajstić information content (AvgIpc) is 2.93. The van der Waals surface area contributed by atoms with Crippen LogP contribution in [-0.2, 0) is 17.8 Å². The molecule has 0 aliphatic carbocycles. The second-order valence-corrected chi connectivity index (χ2v) is 6.36. The van der Waals surface area contributed by atoms with Crippen LogP contribution in [0.25, 0.3) is 0 Å². The average molecular weight is 324 g/mol. The van der Waals surface area contributed by atoms with Crippen molar-refractivity contribution in [2.45, 2.75) is 97.9 Å². The van der Waals surface area contributed by atoms with E-state index in [1.807, 2.05) is 0 Å². The van der Waals surface area contributed by atoms with Crippen LogP contribution in [-0.4, -0.2) is 15.6 Å². The summed E-state index contributed by atoms with van der Waals surface area (Å²) in [6.45, 7) is 6.82. The maximum atomic E-state index is 9.00. The van der Waals surface area contributed by atoms with Crippen molar-refractivity contribution in [2.75, 3.05) is 0 Å². The smallest absolute Gasteiger partial charge is 0.300 e. The topological polar surface area (TPSA) is 42.2 Å². The van der Waals surface area contributed by atoms with Gasteiger partial charge in [0.15, 0.2) is 0 Å². The first-order valence-corrected chi connectivity index (χ1v) is 9.44. The molecule has 0 aliphatic rings. The number of hydrogen-bond donors (Lipinski definition) is 1. The number of aromatic nitrogens is 1. The van der Waals surface area contributed by atoms with Crippen LogP contribution in [0.5, 0.6) is 0 Å². The van der Waals surface area contributed by atoms with Gasteiger partial charge in [0, 0.05) is 25.9 Å². The molecule has 134 valence electrons. The van der Waals surface area contributed by atoms with Gasteiger partial charge in [-0.2, -0.15) is 0 Å². The molecule has 3 nitrogen and oxygen atoms in total. The lowest BCUT2D eigenvalue weighted by Crippen LogP contribution is -1.94. The molecule has 0 radical (unpaired) electrons. The van der Waals surface area contributed by atoms with E-state index in [2.05, 4.69) is 36.9 Å². The minimum Gasteiger partial charge on any atom is -0.481 e. The van der Waals surface area contributed by atoms with Crippen LogP contribution in [0.3, 0.4) is 0 Å². The van der Waals surface area contributed by atoms with E-state index in [1.54, 1.807) is 0 Å². The number of carbonyl (C=O) groups is 1. The van der Waals surface area contributed by atoms with Crippen LogP contribution in [0.4, 0.5) is 0 Å². The van der Waals surface area contributed by atoms with Crippen LogP contribution in [0.15, 0.2) is 18.5 Å². The number of rotatable bonds is 12. The van der Waals surface area contributed by atoms with Crippen molar-refractivity contribution >= 4 is 5.97 Å². The number of carboxylic acids is 1. The van der Waals surface area contributed by atoms with Crippen molar-refractivity contribution in [3.8, 4) is 0 Å². The summed E-state index contributed by atoms with van der Waals surface area (Å²) < 4.78 is 2.37. The van der Waals surface area contributed by atoms with Crippen LogP contribution < -0.4 is 0 Å². The SMILES string of the molecule is CC(=O)O.CCCCCCCCCCCn1ccc(CCC)c1. The maximum absolute atomic E-state index is 9.00. The van der Waals surface area contributed by atoms with Gasteiger partial charge in [-0.1, -0.05) is 71.6 Å². The quantitative estimate of drug-likeness (QED) is 0.475. The van der Waals surface area contributed by atoms with E-state index in [-0.39, 0.29) is 0 Å². The molecule has 1 N–H and O–H groups in total. The summed E-state index contributed by atoms with van der Waals surface area (Å²) in [6.07, 6.45) is 19.8. The molecule has 1 aromatic heterocycles. The molecular formula is C20H37NO2. The molecule has 23 heavy (non-hydrogen) atoms. The van der Waals surface area contributed by atoms with Gasteiger partial charge in [0.2, 0.25) is 0 Å². The predicted molar refractivity (Wildman–Crippen MR) is 99.0 cm³/mol. The van der Waals surface area contributed by atoms with Gasteiger partial charge in [0.25, 0.3) is 5.97 Å². The van der Waals surface area contributed by atoms with Gasteiger partial charge in [0.1, 0.15) is 0 Å². The predicted octanol–water partition coefficient (Wildman–Crippen LogP) is 6.06. The van der Waals surface area contributed by atoms with Crippen molar-refractivity contribution in [1.29, 1.82) is 0 Å². The van der Waals surface area contributed by atoms with Crippen LogP contribution in [0, 0.1) is 0 Å². The highest BCUT2D eigenvalue weighted by molar-refractivity contribution is 5.62. The highest BCUT2D eigenvalue weighted by atomic mass is 16.4. The number of aliphatic carboxylic acids is 1. The van der Waals surface area contributed by atoms with E-state index in [4.69, 9.17) is 9.90 Å². The number of nitrogens with zero attached hydrogens (tertiary/aromatic N) is 1. The maximum Gasteiger partial charge on any atom is 0.300 e. The molecular weight excluding hydrogens is 286 g/mol. The zero-order valence-electron chi connectivity index (χ0n) is 15.5. The monoisotopic (exact) mass is 323 g/mol. The molecule has 0 atom stereocenters. The van der Waals surface area contributed by atoms with Crippen LogP contribution >= 0.6 is 0 Å². The Labute approximate surface area is 143 Å². The third-order valence-corrected chi connectivity index (χ3v) is 3.87. The van der Waals surface area contributed by atoms with Gasteiger partial charge < -0.3 is 9.67 Å². The Kier molecular flexibility index (Phi) is 14.8. The fourth-order valence-electron chi connectivity index (χ4n) is 2.67. The van der Waals surface area contributed by atoms with Crippen molar-refractivity contribution in [3.05, 3.63) is 24.0 Å². The Morgan fingerprint density at radius 1 is 0.957 bits per heavy atom. The summed E-state index contributed by atoms with van der Waals surface area (Å²) in [7, 11) is 0. The van der Waals surface area contributed by atoms with Crippen molar-refractivity contribution in [1.82, 2.24) is 4.57 Å². The van der Waals surface area contributed by atoms with Crippen molar-refractivity contribution in [3.63, 3.8) is 0 Å². The summed E-state index contributed by atoms with van der Waals surface area (Å²) in [4.78, 5) is 9.00. The lowest BCUT2D eigenvalue weighted by molar-refractivity contribution is -0.134. The number of unbranched alkanes of at least 4 members (excludes halogenated alkanes) is 8.